The Balaban J connectivity index is 1.52. The van der Waals surface area contributed by atoms with Gasteiger partial charge in [-0.25, -0.2) is 9.98 Å². The van der Waals surface area contributed by atoms with Gasteiger partial charge in [0, 0.05) is 44.0 Å². The lowest BCUT2D eigenvalue weighted by Gasteiger charge is -2.26. The van der Waals surface area contributed by atoms with Crippen molar-refractivity contribution >= 4 is 40.0 Å². The van der Waals surface area contributed by atoms with Gasteiger partial charge in [-0.1, -0.05) is 24.0 Å². The summed E-state index contributed by atoms with van der Waals surface area (Å²) in [6.07, 6.45) is 3.67. The SMILES string of the molecule is C=C(N=C/C=C(\N)c1sc(NC(=O)CCN2CCOCC2)nc1C)Nc1cccc(OC)c1. The smallest absolute Gasteiger partial charge is 0.227 e. The molecular weight excluding hydrogens is 440 g/mol. The van der Waals surface area contributed by atoms with Crippen LogP contribution < -0.4 is 21.1 Å². The molecule has 2 aromatic rings. The van der Waals surface area contributed by atoms with E-state index in [0.29, 0.717) is 29.6 Å². The Labute approximate surface area is 198 Å². The number of methoxy groups -OCH3 is 1. The zero-order chi connectivity index (χ0) is 23.6. The Morgan fingerprint density at radius 1 is 1.39 bits per heavy atom. The van der Waals surface area contributed by atoms with Crippen molar-refractivity contribution in [1.82, 2.24) is 9.88 Å². The van der Waals surface area contributed by atoms with Crippen LogP contribution >= 0.6 is 11.3 Å². The minimum Gasteiger partial charge on any atom is -0.497 e. The number of aryl methyl sites for hydroxylation is 1. The van der Waals surface area contributed by atoms with E-state index in [9.17, 15) is 4.79 Å². The van der Waals surface area contributed by atoms with Crippen LogP contribution in [0, 0.1) is 6.92 Å². The van der Waals surface area contributed by atoms with Gasteiger partial charge in [-0.3, -0.25) is 9.69 Å². The van der Waals surface area contributed by atoms with Gasteiger partial charge >= 0.3 is 0 Å². The second kappa shape index (κ2) is 12.1. The summed E-state index contributed by atoms with van der Waals surface area (Å²) in [4.78, 5) is 24.0. The van der Waals surface area contributed by atoms with Crippen LogP contribution in [0.4, 0.5) is 10.8 Å². The summed E-state index contributed by atoms with van der Waals surface area (Å²) in [7, 11) is 1.61. The zero-order valence-corrected chi connectivity index (χ0v) is 19.8. The maximum Gasteiger partial charge on any atom is 0.227 e. The van der Waals surface area contributed by atoms with Gasteiger partial charge < -0.3 is 25.8 Å². The van der Waals surface area contributed by atoms with Crippen LogP contribution in [0.5, 0.6) is 5.75 Å². The monoisotopic (exact) mass is 470 g/mol. The lowest BCUT2D eigenvalue weighted by molar-refractivity contribution is -0.116. The Bertz CT molecular complexity index is 1030. The maximum atomic E-state index is 12.3. The molecule has 0 radical (unpaired) electrons. The number of aliphatic imine (C=N–C) groups is 1. The number of thiazole rings is 1. The van der Waals surface area contributed by atoms with E-state index in [4.69, 9.17) is 15.2 Å². The topological polar surface area (TPSA) is 114 Å². The molecule has 4 N–H and O–H groups in total. The van der Waals surface area contributed by atoms with Crippen molar-refractivity contribution in [1.29, 1.82) is 0 Å². The van der Waals surface area contributed by atoms with E-state index in [2.05, 4.69) is 32.1 Å². The number of morpholine rings is 1. The third kappa shape index (κ3) is 7.70. The van der Waals surface area contributed by atoms with E-state index in [1.54, 1.807) is 19.4 Å². The minimum atomic E-state index is -0.0641. The summed E-state index contributed by atoms with van der Waals surface area (Å²) >= 11 is 1.34. The summed E-state index contributed by atoms with van der Waals surface area (Å²) in [5.74, 6) is 1.14. The lowest BCUT2D eigenvalue weighted by atomic mass is 10.3. The molecule has 1 aliphatic rings. The molecule has 1 amide bonds. The van der Waals surface area contributed by atoms with Crippen LogP contribution in [-0.4, -0.2) is 62.0 Å². The number of rotatable bonds is 10. The highest BCUT2D eigenvalue weighted by molar-refractivity contribution is 7.16. The fraction of sp³-hybridized carbons (Fsp3) is 0.348. The van der Waals surface area contributed by atoms with Gasteiger partial charge in [0.2, 0.25) is 5.91 Å². The van der Waals surface area contributed by atoms with Crippen LogP contribution in [0.1, 0.15) is 17.0 Å². The number of aromatic nitrogens is 1. The number of nitrogens with one attached hydrogen (secondary N) is 2. The van der Waals surface area contributed by atoms with Crippen molar-refractivity contribution in [2.75, 3.05) is 50.6 Å². The van der Waals surface area contributed by atoms with E-state index >= 15 is 0 Å². The number of amides is 1. The van der Waals surface area contributed by atoms with E-state index in [0.717, 1.165) is 48.3 Å². The number of allylic oxidation sites excluding steroid dienone is 1. The van der Waals surface area contributed by atoms with Gasteiger partial charge in [-0.2, -0.15) is 0 Å². The minimum absolute atomic E-state index is 0.0641. The molecule has 9 nitrogen and oxygen atoms in total. The molecule has 0 bridgehead atoms. The Hall–Kier alpha value is -3.21. The highest BCUT2D eigenvalue weighted by Crippen LogP contribution is 2.26. The first-order valence-corrected chi connectivity index (χ1v) is 11.4. The molecule has 1 aromatic heterocycles. The molecule has 176 valence electrons. The molecule has 3 rings (SSSR count). The first kappa shape index (κ1) is 24.4. The van der Waals surface area contributed by atoms with Crippen molar-refractivity contribution in [3.63, 3.8) is 0 Å². The number of nitrogens with two attached hydrogens (primary N) is 1. The largest absolute Gasteiger partial charge is 0.497 e. The summed E-state index contributed by atoms with van der Waals surface area (Å²) in [6, 6.07) is 7.48. The Kier molecular flexibility index (Phi) is 8.99. The first-order chi connectivity index (χ1) is 15.9. The summed E-state index contributed by atoms with van der Waals surface area (Å²) in [5, 5.41) is 6.50. The average molecular weight is 471 g/mol. The number of hydrogen-bond donors (Lipinski definition) is 3. The molecule has 0 atom stereocenters. The molecule has 2 heterocycles. The fourth-order valence-corrected chi connectivity index (χ4v) is 4.09. The summed E-state index contributed by atoms with van der Waals surface area (Å²) in [5.41, 5.74) is 8.30. The normalized spacial score (nSPS) is 14.9. The molecule has 33 heavy (non-hydrogen) atoms. The zero-order valence-electron chi connectivity index (χ0n) is 19.0. The molecule has 0 aliphatic carbocycles. The highest BCUT2D eigenvalue weighted by atomic mass is 32.1. The molecule has 0 spiro atoms. The maximum absolute atomic E-state index is 12.3. The number of nitrogens with zero attached hydrogens (tertiary/aromatic N) is 3. The molecule has 0 unspecified atom stereocenters. The standard InChI is InChI=1S/C23H30N6O3S/c1-16-22(33-23(26-16)28-21(30)8-10-29-11-13-32-14-12-29)20(24)7-9-25-17(2)27-18-5-4-6-19(15-18)31-3/h4-7,9,15,27H,2,8,10-14,24H2,1,3H3,(H,26,28,30)/b20-7-,25-9?. The number of carbonyl (C=O) groups excluding carboxylic acids is 1. The fourth-order valence-electron chi connectivity index (χ4n) is 3.17. The van der Waals surface area contributed by atoms with Gasteiger partial charge in [-0.15, -0.1) is 0 Å². The van der Waals surface area contributed by atoms with Gasteiger partial charge in [-0.05, 0) is 25.1 Å². The second-order valence-corrected chi connectivity index (χ2v) is 8.39. The van der Waals surface area contributed by atoms with Crippen molar-refractivity contribution in [3.8, 4) is 5.75 Å². The number of hydrogen-bond acceptors (Lipinski definition) is 9. The highest BCUT2D eigenvalue weighted by Gasteiger charge is 2.14. The van der Waals surface area contributed by atoms with Crippen molar-refractivity contribution in [2.24, 2.45) is 10.7 Å². The molecule has 1 aliphatic heterocycles. The van der Waals surface area contributed by atoms with Crippen molar-refractivity contribution < 1.29 is 14.3 Å². The van der Waals surface area contributed by atoms with Crippen LogP contribution in [0.25, 0.3) is 5.70 Å². The Morgan fingerprint density at radius 3 is 2.94 bits per heavy atom. The Morgan fingerprint density at radius 2 is 2.18 bits per heavy atom. The van der Waals surface area contributed by atoms with Gasteiger partial charge in [0.1, 0.15) is 11.6 Å². The van der Waals surface area contributed by atoms with Crippen molar-refractivity contribution in [3.05, 3.63) is 53.3 Å². The predicted octanol–water partition coefficient (Wildman–Crippen LogP) is 3.07. The van der Waals surface area contributed by atoms with E-state index < -0.39 is 0 Å². The van der Waals surface area contributed by atoms with E-state index in [1.807, 2.05) is 31.2 Å². The van der Waals surface area contributed by atoms with E-state index in [1.165, 1.54) is 11.3 Å². The molecular formula is C23H30N6O3S. The number of anilines is 2. The van der Waals surface area contributed by atoms with E-state index in [-0.39, 0.29) is 5.91 Å². The number of benzene rings is 1. The van der Waals surface area contributed by atoms with Crippen LogP contribution in [0.15, 0.2) is 47.7 Å². The third-order valence-electron chi connectivity index (χ3n) is 4.91. The summed E-state index contributed by atoms with van der Waals surface area (Å²) < 4.78 is 10.5. The molecule has 1 saturated heterocycles. The number of carbonyl (C=O) groups is 1. The molecule has 1 aromatic carbocycles. The van der Waals surface area contributed by atoms with Gasteiger partial charge in [0.25, 0.3) is 0 Å². The van der Waals surface area contributed by atoms with Crippen molar-refractivity contribution in [2.45, 2.75) is 13.3 Å². The average Bonchev–Trinajstić information content (AvgIpc) is 3.18. The molecule has 1 fully saturated rings. The summed E-state index contributed by atoms with van der Waals surface area (Å²) in [6.45, 7) is 9.61. The molecule has 0 saturated carbocycles. The number of ether oxygens (including phenoxy) is 2. The lowest BCUT2D eigenvalue weighted by Crippen LogP contribution is -2.38. The third-order valence-corrected chi connectivity index (χ3v) is 6.03. The first-order valence-electron chi connectivity index (χ1n) is 10.6. The van der Waals surface area contributed by atoms with Gasteiger partial charge in [0.05, 0.1) is 36.6 Å². The molecule has 10 heteroatoms. The van der Waals surface area contributed by atoms with Crippen LogP contribution in [-0.2, 0) is 9.53 Å². The van der Waals surface area contributed by atoms with Crippen LogP contribution in [0.3, 0.4) is 0 Å². The quantitative estimate of drug-likeness (QED) is 0.457. The predicted molar refractivity (Wildman–Crippen MR) is 134 cm³/mol. The van der Waals surface area contributed by atoms with Crippen LogP contribution in [0.2, 0.25) is 0 Å². The van der Waals surface area contributed by atoms with Gasteiger partial charge in [0.15, 0.2) is 5.13 Å². The second-order valence-electron chi connectivity index (χ2n) is 7.39.